The van der Waals surface area contributed by atoms with E-state index in [0.717, 1.165) is 29.5 Å². The first-order valence-corrected chi connectivity index (χ1v) is 6.66. The number of nitrogens with zero attached hydrogens (tertiary/aromatic N) is 4. The number of rotatable bonds is 2. The van der Waals surface area contributed by atoms with Crippen LogP contribution in [0.5, 0.6) is 0 Å². The van der Waals surface area contributed by atoms with E-state index < -0.39 is 0 Å². The van der Waals surface area contributed by atoms with Crippen LogP contribution >= 0.6 is 11.3 Å². The summed E-state index contributed by atoms with van der Waals surface area (Å²) in [5.74, 6) is 0. The van der Waals surface area contributed by atoms with Crippen molar-refractivity contribution < 1.29 is 0 Å². The summed E-state index contributed by atoms with van der Waals surface area (Å²) < 4.78 is 2.04. The van der Waals surface area contributed by atoms with E-state index in [-0.39, 0.29) is 0 Å². The second kappa shape index (κ2) is 3.82. The average molecular weight is 236 g/mol. The van der Waals surface area contributed by atoms with Crippen molar-refractivity contribution in [3.8, 4) is 0 Å². The van der Waals surface area contributed by atoms with Crippen molar-refractivity contribution in [1.82, 2.24) is 19.5 Å². The zero-order valence-electron chi connectivity index (χ0n) is 9.73. The third kappa shape index (κ3) is 1.55. The Bertz CT molecular complexity index is 513. The Morgan fingerprint density at radius 2 is 2.31 bits per heavy atom. The Kier molecular flexibility index (Phi) is 2.44. The molecule has 16 heavy (non-hydrogen) atoms. The lowest BCUT2D eigenvalue weighted by atomic mass is 10.1. The largest absolute Gasteiger partial charge is 0.297 e. The van der Waals surface area contributed by atoms with Crippen molar-refractivity contribution in [2.45, 2.75) is 33.2 Å². The fraction of sp³-hybridized carbons (Fsp3) is 0.636. The quantitative estimate of drug-likeness (QED) is 0.798. The molecule has 86 valence electrons. The standard InChI is InChI=1S/C11H16N4S/c1-3-5-14-6-4-9-10(7-14)15-11(12-9)16-8(2)13-15/h3-7H2,1-2H3. The number of hydrogen-bond donors (Lipinski definition) is 0. The van der Waals surface area contributed by atoms with Crippen molar-refractivity contribution in [2.75, 3.05) is 13.1 Å². The Balaban J connectivity index is 2.00. The van der Waals surface area contributed by atoms with E-state index in [2.05, 4.69) is 21.9 Å². The minimum Gasteiger partial charge on any atom is -0.297 e. The first-order valence-electron chi connectivity index (χ1n) is 5.84. The van der Waals surface area contributed by atoms with Crippen molar-refractivity contribution >= 4 is 16.3 Å². The summed E-state index contributed by atoms with van der Waals surface area (Å²) in [7, 11) is 0. The maximum Gasteiger partial charge on any atom is 0.212 e. The fourth-order valence-electron chi connectivity index (χ4n) is 2.35. The molecule has 2 aromatic rings. The van der Waals surface area contributed by atoms with E-state index >= 15 is 0 Å². The topological polar surface area (TPSA) is 33.4 Å². The van der Waals surface area contributed by atoms with Gasteiger partial charge >= 0.3 is 0 Å². The van der Waals surface area contributed by atoms with E-state index in [9.17, 15) is 0 Å². The highest BCUT2D eigenvalue weighted by atomic mass is 32.1. The first kappa shape index (κ1) is 10.2. The van der Waals surface area contributed by atoms with Crippen molar-refractivity contribution in [2.24, 2.45) is 0 Å². The van der Waals surface area contributed by atoms with Gasteiger partial charge in [-0.1, -0.05) is 18.3 Å². The highest BCUT2D eigenvalue weighted by Gasteiger charge is 2.22. The summed E-state index contributed by atoms with van der Waals surface area (Å²) >= 11 is 1.68. The molecule has 0 fully saturated rings. The van der Waals surface area contributed by atoms with E-state index in [0.29, 0.717) is 0 Å². The molecular weight excluding hydrogens is 220 g/mol. The average Bonchev–Trinajstić information content (AvgIpc) is 2.75. The van der Waals surface area contributed by atoms with Crippen LogP contribution in [0.2, 0.25) is 0 Å². The molecule has 5 heteroatoms. The Hall–Kier alpha value is -0.940. The maximum atomic E-state index is 4.66. The molecule has 0 bridgehead atoms. The summed E-state index contributed by atoms with van der Waals surface area (Å²) in [5, 5.41) is 5.62. The van der Waals surface area contributed by atoms with Gasteiger partial charge < -0.3 is 0 Å². The summed E-state index contributed by atoms with van der Waals surface area (Å²) in [6.45, 7) is 7.60. The highest BCUT2D eigenvalue weighted by Crippen LogP contribution is 2.23. The van der Waals surface area contributed by atoms with Crippen LogP contribution in [0.4, 0.5) is 0 Å². The van der Waals surface area contributed by atoms with Crippen LogP contribution in [-0.2, 0) is 13.0 Å². The van der Waals surface area contributed by atoms with Crippen molar-refractivity contribution in [3.63, 3.8) is 0 Å². The fourth-order valence-corrected chi connectivity index (χ4v) is 3.13. The molecule has 1 aliphatic heterocycles. The molecule has 0 unspecified atom stereocenters. The van der Waals surface area contributed by atoms with Gasteiger partial charge in [-0.05, 0) is 19.9 Å². The molecule has 0 atom stereocenters. The van der Waals surface area contributed by atoms with E-state index in [1.165, 1.54) is 24.4 Å². The van der Waals surface area contributed by atoms with Gasteiger partial charge in [0.05, 0.1) is 11.4 Å². The number of aryl methyl sites for hydroxylation is 1. The van der Waals surface area contributed by atoms with Gasteiger partial charge in [0.25, 0.3) is 0 Å². The van der Waals surface area contributed by atoms with Gasteiger partial charge in [-0.15, -0.1) is 0 Å². The van der Waals surface area contributed by atoms with Gasteiger partial charge in [0.1, 0.15) is 5.01 Å². The highest BCUT2D eigenvalue weighted by molar-refractivity contribution is 7.16. The second-order valence-corrected chi connectivity index (χ2v) is 5.51. The molecule has 3 rings (SSSR count). The normalized spacial score (nSPS) is 16.9. The van der Waals surface area contributed by atoms with Crippen LogP contribution in [0.1, 0.15) is 29.7 Å². The smallest absolute Gasteiger partial charge is 0.212 e. The molecule has 0 saturated carbocycles. The van der Waals surface area contributed by atoms with Crippen LogP contribution in [0.25, 0.3) is 4.96 Å². The number of aromatic nitrogens is 3. The van der Waals surface area contributed by atoms with Crippen LogP contribution in [0.15, 0.2) is 0 Å². The van der Waals surface area contributed by atoms with Gasteiger partial charge in [0.15, 0.2) is 0 Å². The third-order valence-electron chi connectivity index (χ3n) is 3.06. The minimum absolute atomic E-state index is 1.01. The van der Waals surface area contributed by atoms with Gasteiger partial charge in [-0.3, -0.25) is 4.90 Å². The van der Waals surface area contributed by atoms with Crippen LogP contribution in [0, 0.1) is 6.92 Å². The Labute approximate surface area is 98.9 Å². The predicted octanol–water partition coefficient (Wildman–Crippen LogP) is 1.87. The van der Waals surface area contributed by atoms with Gasteiger partial charge in [-0.2, -0.15) is 5.10 Å². The van der Waals surface area contributed by atoms with Crippen LogP contribution in [0.3, 0.4) is 0 Å². The molecular formula is C11H16N4S. The molecule has 0 saturated heterocycles. The van der Waals surface area contributed by atoms with Crippen molar-refractivity contribution in [1.29, 1.82) is 0 Å². The molecule has 0 radical (unpaired) electrons. The van der Waals surface area contributed by atoms with E-state index in [4.69, 9.17) is 0 Å². The number of hydrogen-bond acceptors (Lipinski definition) is 4. The second-order valence-electron chi connectivity index (χ2n) is 4.35. The zero-order valence-corrected chi connectivity index (χ0v) is 10.5. The lowest BCUT2D eigenvalue weighted by Crippen LogP contribution is -2.31. The molecule has 1 aliphatic rings. The van der Waals surface area contributed by atoms with E-state index in [1.54, 1.807) is 11.3 Å². The third-order valence-corrected chi connectivity index (χ3v) is 3.88. The molecule has 0 amide bonds. The van der Waals surface area contributed by atoms with Crippen LogP contribution < -0.4 is 0 Å². The monoisotopic (exact) mass is 236 g/mol. The molecule has 0 spiro atoms. The van der Waals surface area contributed by atoms with Gasteiger partial charge in [-0.25, -0.2) is 9.50 Å². The summed E-state index contributed by atoms with van der Waals surface area (Å²) in [6.07, 6.45) is 2.29. The lowest BCUT2D eigenvalue weighted by Gasteiger charge is -2.25. The summed E-state index contributed by atoms with van der Waals surface area (Å²) in [4.78, 5) is 8.21. The minimum atomic E-state index is 1.01. The molecule has 2 aromatic heterocycles. The van der Waals surface area contributed by atoms with Crippen LogP contribution in [-0.4, -0.2) is 32.6 Å². The number of imidazole rings is 1. The molecule has 4 nitrogen and oxygen atoms in total. The van der Waals surface area contributed by atoms with Crippen molar-refractivity contribution in [3.05, 3.63) is 16.4 Å². The molecule has 0 N–H and O–H groups in total. The Morgan fingerprint density at radius 1 is 1.44 bits per heavy atom. The molecule has 0 aromatic carbocycles. The van der Waals surface area contributed by atoms with E-state index in [1.807, 2.05) is 11.4 Å². The van der Waals surface area contributed by atoms with Gasteiger partial charge in [0.2, 0.25) is 4.96 Å². The summed E-state index contributed by atoms with van der Waals surface area (Å²) in [5.41, 5.74) is 2.56. The van der Waals surface area contributed by atoms with Gasteiger partial charge in [0, 0.05) is 19.5 Å². The summed E-state index contributed by atoms with van der Waals surface area (Å²) in [6, 6.07) is 0. The lowest BCUT2D eigenvalue weighted by molar-refractivity contribution is 0.248. The molecule has 3 heterocycles. The maximum absolute atomic E-state index is 4.66. The molecule has 0 aliphatic carbocycles. The first-order chi connectivity index (χ1) is 7.78. The predicted molar refractivity (Wildman–Crippen MR) is 64.9 cm³/mol. The SMILES string of the molecule is CCCN1CCc2nc3sc(C)nn3c2C1. The Morgan fingerprint density at radius 3 is 3.12 bits per heavy atom. The zero-order chi connectivity index (χ0) is 11.1. The number of fused-ring (bicyclic) bond motifs is 3.